The maximum absolute atomic E-state index is 13.1. The van der Waals surface area contributed by atoms with Crippen molar-refractivity contribution in [2.75, 3.05) is 17.2 Å². The van der Waals surface area contributed by atoms with Crippen LogP contribution in [0.4, 0.5) is 11.4 Å². The van der Waals surface area contributed by atoms with Gasteiger partial charge in [0.25, 0.3) is 5.91 Å². The van der Waals surface area contributed by atoms with E-state index in [1.54, 1.807) is 9.58 Å². The summed E-state index contributed by atoms with van der Waals surface area (Å²) < 4.78 is 1.75. The predicted octanol–water partition coefficient (Wildman–Crippen LogP) is 3.00. The second-order valence-corrected chi connectivity index (χ2v) is 6.36. The van der Waals surface area contributed by atoms with E-state index < -0.39 is 0 Å². The van der Waals surface area contributed by atoms with E-state index in [-0.39, 0.29) is 11.7 Å². The summed E-state index contributed by atoms with van der Waals surface area (Å²) in [5, 5.41) is 4.50. The summed E-state index contributed by atoms with van der Waals surface area (Å²) in [4.78, 5) is 19.4. The molecule has 6 nitrogen and oxygen atoms in total. The summed E-state index contributed by atoms with van der Waals surface area (Å²) in [6.45, 7) is 2.66. The molecule has 2 aromatic carbocycles. The Morgan fingerprint density at radius 3 is 2.73 bits per heavy atom. The van der Waals surface area contributed by atoms with Crippen LogP contribution in [0.25, 0.3) is 5.69 Å². The molecule has 1 amide bonds. The lowest BCUT2D eigenvalue weighted by Gasteiger charge is -2.29. The van der Waals surface area contributed by atoms with Crippen LogP contribution in [0.3, 0.4) is 0 Å². The van der Waals surface area contributed by atoms with Crippen molar-refractivity contribution in [2.24, 2.45) is 0 Å². The first-order valence-corrected chi connectivity index (χ1v) is 8.89. The van der Waals surface area contributed by atoms with Crippen molar-refractivity contribution < 1.29 is 4.79 Å². The molecule has 1 aliphatic heterocycles. The van der Waals surface area contributed by atoms with Gasteiger partial charge < -0.3 is 10.6 Å². The standard InChI is InChI=1S/C20H21N5O/c1-2-18-22-19(23-25(18)14-8-4-3-5-9-14)20(26)24-13-7-10-15-16(21)11-6-12-17(15)24/h3-6,8-9,11-12H,2,7,10,13,21H2,1H3. The smallest absolute Gasteiger partial charge is 0.297 e. The zero-order valence-electron chi connectivity index (χ0n) is 14.7. The van der Waals surface area contributed by atoms with E-state index in [1.807, 2.05) is 55.5 Å². The average Bonchev–Trinajstić information content (AvgIpc) is 3.12. The molecular weight excluding hydrogens is 326 g/mol. The molecule has 1 aliphatic rings. The molecule has 0 radical (unpaired) electrons. The van der Waals surface area contributed by atoms with Gasteiger partial charge >= 0.3 is 0 Å². The Balaban J connectivity index is 1.73. The summed E-state index contributed by atoms with van der Waals surface area (Å²) in [5.41, 5.74) is 9.63. The number of aryl methyl sites for hydroxylation is 1. The molecular formula is C20H21N5O. The van der Waals surface area contributed by atoms with Gasteiger partial charge in [-0.05, 0) is 42.7 Å². The number of aromatic nitrogens is 3. The second kappa shape index (κ2) is 6.63. The van der Waals surface area contributed by atoms with Gasteiger partial charge in [-0.25, -0.2) is 9.67 Å². The summed E-state index contributed by atoms with van der Waals surface area (Å²) in [5.74, 6) is 0.811. The van der Waals surface area contributed by atoms with Gasteiger partial charge in [0.15, 0.2) is 0 Å². The van der Waals surface area contributed by atoms with Crippen LogP contribution in [0.1, 0.15) is 35.4 Å². The Hall–Kier alpha value is -3.15. The van der Waals surface area contributed by atoms with Crippen molar-refractivity contribution in [1.29, 1.82) is 0 Å². The van der Waals surface area contributed by atoms with E-state index in [4.69, 9.17) is 5.73 Å². The van der Waals surface area contributed by atoms with Gasteiger partial charge in [0.2, 0.25) is 5.82 Å². The predicted molar refractivity (Wildman–Crippen MR) is 102 cm³/mol. The molecule has 26 heavy (non-hydrogen) atoms. The van der Waals surface area contributed by atoms with Crippen LogP contribution in [0.2, 0.25) is 0 Å². The van der Waals surface area contributed by atoms with Crippen LogP contribution in [-0.4, -0.2) is 27.2 Å². The van der Waals surface area contributed by atoms with E-state index in [0.717, 1.165) is 41.3 Å². The summed E-state index contributed by atoms with van der Waals surface area (Å²) >= 11 is 0. The first-order valence-electron chi connectivity index (χ1n) is 8.89. The second-order valence-electron chi connectivity index (χ2n) is 6.36. The third kappa shape index (κ3) is 2.73. The molecule has 3 aromatic rings. The molecule has 2 N–H and O–H groups in total. The molecule has 0 bridgehead atoms. The van der Waals surface area contributed by atoms with Crippen molar-refractivity contribution in [3.8, 4) is 5.69 Å². The lowest BCUT2D eigenvalue weighted by Crippen LogP contribution is -2.36. The number of nitrogen functional groups attached to an aromatic ring is 1. The lowest BCUT2D eigenvalue weighted by atomic mass is 10.00. The Morgan fingerprint density at radius 1 is 1.15 bits per heavy atom. The Labute approximate surface area is 152 Å². The van der Waals surface area contributed by atoms with Crippen molar-refractivity contribution >= 4 is 17.3 Å². The molecule has 0 fully saturated rings. The van der Waals surface area contributed by atoms with Gasteiger partial charge in [-0.15, -0.1) is 5.10 Å². The van der Waals surface area contributed by atoms with Crippen LogP contribution in [0, 0.1) is 0 Å². The maximum atomic E-state index is 13.1. The fraction of sp³-hybridized carbons (Fsp3) is 0.250. The summed E-state index contributed by atoms with van der Waals surface area (Å²) in [7, 11) is 0. The van der Waals surface area contributed by atoms with Crippen LogP contribution < -0.4 is 10.6 Å². The highest BCUT2D eigenvalue weighted by atomic mass is 16.2. The molecule has 0 unspecified atom stereocenters. The third-order valence-corrected chi connectivity index (χ3v) is 4.71. The number of hydrogen-bond acceptors (Lipinski definition) is 4. The molecule has 0 atom stereocenters. The number of carbonyl (C=O) groups excluding carboxylic acids is 1. The third-order valence-electron chi connectivity index (χ3n) is 4.71. The summed E-state index contributed by atoms with van der Waals surface area (Å²) in [6, 6.07) is 15.5. The van der Waals surface area contributed by atoms with E-state index in [1.165, 1.54) is 0 Å². The molecule has 0 aliphatic carbocycles. The fourth-order valence-electron chi connectivity index (χ4n) is 3.42. The van der Waals surface area contributed by atoms with Crippen molar-refractivity contribution in [3.05, 3.63) is 65.7 Å². The minimum atomic E-state index is -0.180. The number of carbonyl (C=O) groups is 1. The van der Waals surface area contributed by atoms with E-state index in [9.17, 15) is 4.79 Å². The highest BCUT2D eigenvalue weighted by molar-refractivity contribution is 6.04. The van der Waals surface area contributed by atoms with E-state index in [0.29, 0.717) is 13.0 Å². The Morgan fingerprint density at radius 2 is 1.96 bits per heavy atom. The van der Waals surface area contributed by atoms with Crippen LogP contribution in [-0.2, 0) is 12.8 Å². The van der Waals surface area contributed by atoms with Crippen LogP contribution >= 0.6 is 0 Å². The molecule has 0 saturated carbocycles. The molecule has 4 rings (SSSR count). The number of nitrogens with two attached hydrogens (primary N) is 1. The molecule has 0 spiro atoms. The number of nitrogens with zero attached hydrogens (tertiary/aromatic N) is 4. The molecule has 6 heteroatoms. The monoisotopic (exact) mass is 347 g/mol. The number of anilines is 2. The van der Waals surface area contributed by atoms with E-state index >= 15 is 0 Å². The number of rotatable bonds is 3. The van der Waals surface area contributed by atoms with Gasteiger partial charge in [0, 0.05) is 24.3 Å². The lowest BCUT2D eigenvalue weighted by molar-refractivity contribution is 0.0975. The first kappa shape index (κ1) is 16.3. The fourth-order valence-corrected chi connectivity index (χ4v) is 3.42. The number of benzene rings is 2. The number of hydrogen-bond donors (Lipinski definition) is 1. The van der Waals surface area contributed by atoms with Crippen molar-refractivity contribution in [2.45, 2.75) is 26.2 Å². The molecule has 2 heterocycles. The van der Waals surface area contributed by atoms with Crippen molar-refractivity contribution in [3.63, 3.8) is 0 Å². The quantitative estimate of drug-likeness (QED) is 0.739. The number of amides is 1. The van der Waals surface area contributed by atoms with Gasteiger partial charge in [-0.2, -0.15) is 0 Å². The highest BCUT2D eigenvalue weighted by Gasteiger charge is 2.28. The molecule has 132 valence electrons. The average molecular weight is 347 g/mol. The zero-order valence-corrected chi connectivity index (χ0v) is 14.7. The minimum absolute atomic E-state index is 0.180. The number of fused-ring (bicyclic) bond motifs is 1. The normalized spacial score (nSPS) is 13.5. The van der Waals surface area contributed by atoms with Gasteiger partial charge in [0.1, 0.15) is 5.82 Å². The number of para-hydroxylation sites is 1. The largest absolute Gasteiger partial charge is 0.398 e. The van der Waals surface area contributed by atoms with Gasteiger partial charge in [-0.1, -0.05) is 31.2 Å². The maximum Gasteiger partial charge on any atom is 0.297 e. The van der Waals surface area contributed by atoms with Crippen molar-refractivity contribution in [1.82, 2.24) is 14.8 Å². The van der Waals surface area contributed by atoms with Crippen LogP contribution in [0.5, 0.6) is 0 Å². The molecule has 1 aromatic heterocycles. The van der Waals surface area contributed by atoms with Crippen LogP contribution in [0.15, 0.2) is 48.5 Å². The highest BCUT2D eigenvalue weighted by Crippen LogP contribution is 2.32. The van der Waals surface area contributed by atoms with Gasteiger partial charge in [0.05, 0.1) is 5.69 Å². The summed E-state index contributed by atoms with van der Waals surface area (Å²) in [6.07, 6.45) is 2.46. The Kier molecular flexibility index (Phi) is 4.16. The SMILES string of the molecule is CCc1nc(C(=O)N2CCCc3c(N)cccc32)nn1-c1ccccc1. The van der Waals surface area contributed by atoms with E-state index in [2.05, 4.69) is 10.1 Å². The Bertz CT molecular complexity index is 948. The first-order chi connectivity index (χ1) is 12.7. The molecule has 0 saturated heterocycles. The minimum Gasteiger partial charge on any atom is -0.398 e. The topological polar surface area (TPSA) is 77.0 Å². The van der Waals surface area contributed by atoms with Gasteiger partial charge in [-0.3, -0.25) is 4.79 Å². The zero-order chi connectivity index (χ0) is 18.1.